The monoisotopic (exact) mass is 152 g/mol. The molecule has 0 radical (unpaired) electrons. The molecule has 0 bridgehead atoms. The van der Waals surface area contributed by atoms with Gasteiger partial charge in [0.15, 0.2) is 0 Å². The van der Waals surface area contributed by atoms with Crippen LogP contribution in [0, 0.1) is 0 Å². The van der Waals surface area contributed by atoms with Gasteiger partial charge in [0.25, 0.3) is 0 Å². The zero-order chi connectivity index (χ0) is 6.24. The molecule has 3 N–H and O–H groups in total. The SMILES string of the molecule is CCCCNCCN.Cl. The molecular formula is C6H17ClN2. The lowest BCUT2D eigenvalue weighted by Gasteiger charge is -1.98. The van der Waals surface area contributed by atoms with Crippen molar-refractivity contribution in [2.75, 3.05) is 19.6 Å². The fraction of sp³-hybridized carbons (Fsp3) is 1.00. The first-order valence-electron chi connectivity index (χ1n) is 3.32. The Balaban J connectivity index is 0. The molecule has 0 aliphatic heterocycles. The van der Waals surface area contributed by atoms with E-state index in [1.807, 2.05) is 0 Å². The van der Waals surface area contributed by atoms with Crippen LogP contribution in [0.25, 0.3) is 0 Å². The predicted octanol–water partition coefficient (Wildman–Crippen LogP) is 0.757. The number of hydrogen-bond donors (Lipinski definition) is 2. The number of nitrogens with one attached hydrogen (secondary N) is 1. The molecule has 2 nitrogen and oxygen atoms in total. The maximum atomic E-state index is 5.25. The summed E-state index contributed by atoms with van der Waals surface area (Å²) < 4.78 is 0. The largest absolute Gasteiger partial charge is 0.329 e. The van der Waals surface area contributed by atoms with Crippen molar-refractivity contribution in [1.29, 1.82) is 0 Å². The van der Waals surface area contributed by atoms with Gasteiger partial charge in [0.2, 0.25) is 0 Å². The smallest absolute Gasteiger partial charge is 0.00745 e. The highest BCUT2D eigenvalue weighted by atomic mass is 35.5. The van der Waals surface area contributed by atoms with E-state index in [0.29, 0.717) is 0 Å². The normalized spacial score (nSPS) is 8.67. The van der Waals surface area contributed by atoms with E-state index in [2.05, 4.69) is 12.2 Å². The molecule has 0 spiro atoms. The molecule has 0 saturated carbocycles. The summed E-state index contributed by atoms with van der Waals surface area (Å²) in [5.74, 6) is 0. The number of rotatable bonds is 5. The van der Waals surface area contributed by atoms with Crippen molar-refractivity contribution in [2.45, 2.75) is 19.8 Å². The third kappa shape index (κ3) is 11.7. The van der Waals surface area contributed by atoms with E-state index in [1.54, 1.807) is 0 Å². The van der Waals surface area contributed by atoms with Crippen LogP contribution in [0.4, 0.5) is 0 Å². The fourth-order valence-electron chi connectivity index (χ4n) is 0.529. The Labute approximate surface area is 63.6 Å². The second-order valence-corrected chi connectivity index (χ2v) is 1.89. The fourth-order valence-corrected chi connectivity index (χ4v) is 0.529. The lowest BCUT2D eigenvalue weighted by Crippen LogP contribution is -2.23. The first kappa shape index (κ1) is 11.9. The van der Waals surface area contributed by atoms with Gasteiger partial charge >= 0.3 is 0 Å². The van der Waals surface area contributed by atoms with Crippen LogP contribution >= 0.6 is 12.4 Å². The summed E-state index contributed by atoms with van der Waals surface area (Å²) in [6.07, 6.45) is 2.53. The van der Waals surface area contributed by atoms with E-state index < -0.39 is 0 Å². The van der Waals surface area contributed by atoms with E-state index in [0.717, 1.165) is 19.6 Å². The molecule has 0 heterocycles. The van der Waals surface area contributed by atoms with Crippen LogP contribution in [-0.2, 0) is 0 Å². The minimum absolute atomic E-state index is 0. The standard InChI is InChI=1S/C6H16N2.ClH/c1-2-3-5-8-6-4-7;/h8H,2-7H2,1H3;1H. The molecule has 9 heavy (non-hydrogen) atoms. The average Bonchev–Trinajstić information content (AvgIpc) is 1.81. The molecule has 58 valence electrons. The molecule has 0 rings (SSSR count). The maximum Gasteiger partial charge on any atom is 0.00745 e. The topological polar surface area (TPSA) is 38.0 Å². The Morgan fingerprint density at radius 3 is 2.44 bits per heavy atom. The predicted molar refractivity (Wildman–Crippen MR) is 44.1 cm³/mol. The minimum atomic E-state index is 0. The van der Waals surface area contributed by atoms with E-state index in [4.69, 9.17) is 5.73 Å². The molecular weight excluding hydrogens is 136 g/mol. The van der Waals surface area contributed by atoms with Crippen molar-refractivity contribution in [3.8, 4) is 0 Å². The Kier molecular flexibility index (Phi) is 14.7. The number of hydrogen-bond acceptors (Lipinski definition) is 2. The van der Waals surface area contributed by atoms with Gasteiger partial charge in [-0.1, -0.05) is 13.3 Å². The number of unbranched alkanes of at least 4 members (excludes halogenated alkanes) is 1. The van der Waals surface area contributed by atoms with Crippen molar-refractivity contribution in [3.63, 3.8) is 0 Å². The second kappa shape index (κ2) is 11.1. The zero-order valence-electron chi connectivity index (χ0n) is 6.02. The Morgan fingerprint density at radius 2 is 2.00 bits per heavy atom. The number of halogens is 1. The average molecular weight is 153 g/mol. The lowest BCUT2D eigenvalue weighted by atomic mass is 10.3. The molecule has 0 atom stereocenters. The van der Waals surface area contributed by atoms with E-state index in [9.17, 15) is 0 Å². The van der Waals surface area contributed by atoms with Gasteiger partial charge in [0, 0.05) is 13.1 Å². The van der Waals surface area contributed by atoms with Crippen molar-refractivity contribution < 1.29 is 0 Å². The molecule has 0 unspecified atom stereocenters. The van der Waals surface area contributed by atoms with E-state index in [-0.39, 0.29) is 12.4 Å². The molecule has 0 aromatic rings. The van der Waals surface area contributed by atoms with Crippen LogP contribution < -0.4 is 11.1 Å². The summed E-state index contributed by atoms with van der Waals surface area (Å²) in [7, 11) is 0. The third-order valence-corrected chi connectivity index (χ3v) is 1.03. The van der Waals surface area contributed by atoms with Gasteiger partial charge < -0.3 is 11.1 Å². The van der Waals surface area contributed by atoms with Gasteiger partial charge in [-0.25, -0.2) is 0 Å². The number of nitrogens with two attached hydrogens (primary N) is 1. The molecule has 0 saturated heterocycles. The van der Waals surface area contributed by atoms with E-state index >= 15 is 0 Å². The van der Waals surface area contributed by atoms with Crippen LogP contribution in [0.3, 0.4) is 0 Å². The summed E-state index contributed by atoms with van der Waals surface area (Å²) in [6, 6.07) is 0. The Morgan fingerprint density at radius 1 is 1.33 bits per heavy atom. The molecule has 0 aliphatic rings. The Hall–Kier alpha value is 0.210. The first-order chi connectivity index (χ1) is 3.91. The molecule has 0 aromatic heterocycles. The van der Waals surface area contributed by atoms with Crippen molar-refractivity contribution in [2.24, 2.45) is 5.73 Å². The molecule has 0 fully saturated rings. The zero-order valence-corrected chi connectivity index (χ0v) is 6.84. The summed E-state index contributed by atoms with van der Waals surface area (Å²) in [5.41, 5.74) is 5.25. The summed E-state index contributed by atoms with van der Waals surface area (Å²) in [5, 5.41) is 3.21. The third-order valence-electron chi connectivity index (χ3n) is 1.03. The van der Waals surface area contributed by atoms with Gasteiger partial charge in [0.1, 0.15) is 0 Å². The quantitative estimate of drug-likeness (QED) is 0.571. The first-order valence-corrected chi connectivity index (χ1v) is 3.32. The van der Waals surface area contributed by atoms with Crippen LogP contribution in [-0.4, -0.2) is 19.6 Å². The van der Waals surface area contributed by atoms with Gasteiger partial charge in [-0.15, -0.1) is 12.4 Å². The maximum absolute atomic E-state index is 5.25. The van der Waals surface area contributed by atoms with Gasteiger partial charge in [-0.05, 0) is 13.0 Å². The minimum Gasteiger partial charge on any atom is -0.329 e. The van der Waals surface area contributed by atoms with E-state index in [1.165, 1.54) is 12.8 Å². The highest BCUT2D eigenvalue weighted by molar-refractivity contribution is 5.85. The molecule has 0 amide bonds. The summed E-state index contributed by atoms with van der Waals surface area (Å²) >= 11 is 0. The molecule has 0 aromatic carbocycles. The molecule has 0 aliphatic carbocycles. The molecule has 3 heteroatoms. The Bertz CT molecular complexity index is 36.0. The second-order valence-electron chi connectivity index (χ2n) is 1.89. The summed E-state index contributed by atoms with van der Waals surface area (Å²) in [4.78, 5) is 0. The summed E-state index contributed by atoms with van der Waals surface area (Å²) in [6.45, 7) is 5.02. The van der Waals surface area contributed by atoms with Crippen LogP contribution in [0.15, 0.2) is 0 Å². The van der Waals surface area contributed by atoms with Crippen LogP contribution in [0.1, 0.15) is 19.8 Å². The van der Waals surface area contributed by atoms with Crippen LogP contribution in [0.5, 0.6) is 0 Å². The van der Waals surface area contributed by atoms with Crippen molar-refractivity contribution >= 4 is 12.4 Å². The van der Waals surface area contributed by atoms with Crippen molar-refractivity contribution in [3.05, 3.63) is 0 Å². The van der Waals surface area contributed by atoms with Gasteiger partial charge in [0.05, 0.1) is 0 Å². The lowest BCUT2D eigenvalue weighted by molar-refractivity contribution is 0.645. The van der Waals surface area contributed by atoms with Gasteiger partial charge in [-0.2, -0.15) is 0 Å². The highest BCUT2D eigenvalue weighted by Gasteiger charge is 1.80. The van der Waals surface area contributed by atoms with Gasteiger partial charge in [-0.3, -0.25) is 0 Å². The van der Waals surface area contributed by atoms with Crippen LogP contribution in [0.2, 0.25) is 0 Å². The van der Waals surface area contributed by atoms with Crippen molar-refractivity contribution in [1.82, 2.24) is 5.32 Å². The highest BCUT2D eigenvalue weighted by Crippen LogP contribution is 1.80.